The molecule has 1 fully saturated rings. The monoisotopic (exact) mass is 339 g/mol. The Labute approximate surface area is 134 Å². The van der Waals surface area contributed by atoms with Crippen LogP contribution in [0.15, 0.2) is 41.6 Å². The molecule has 1 aliphatic rings. The minimum atomic E-state index is -3.74. The molecule has 8 heteroatoms. The van der Waals surface area contributed by atoms with Gasteiger partial charge in [0.25, 0.3) is 0 Å². The molecule has 0 atom stereocenters. The predicted octanol–water partition coefficient (Wildman–Crippen LogP) is 1.54. The van der Waals surface area contributed by atoms with E-state index < -0.39 is 15.6 Å². The maximum atomic E-state index is 13.2. The van der Waals surface area contributed by atoms with E-state index in [0.717, 1.165) is 5.56 Å². The summed E-state index contributed by atoms with van der Waals surface area (Å²) in [6, 6.07) is 5.91. The third-order valence-corrected chi connectivity index (χ3v) is 5.56. The third-order valence-electron chi connectivity index (χ3n) is 4.06. The van der Waals surface area contributed by atoms with E-state index >= 15 is 0 Å². The number of hydrogen-bond donors (Lipinski definition) is 1. The van der Waals surface area contributed by atoms with Crippen molar-refractivity contribution in [2.24, 2.45) is 7.05 Å². The summed E-state index contributed by atoms with van der Waals surface area (Å²) < 4.78 is 48.2. The molecule has 3 rings (SSSR count). The largest absolute Gasteiger partial charge is 0.381 e. The number of benzene rings is 1. The van der Waals surface area contributed by atoms with Crippen molar-refractivity contribution < 1.29 is 17.5 Å². The van der Waals surface area contributed by atoms with Crippen molar-refractivity contribution in [1.29, 1.82) is 0 Å². The summed E-state index contributed by atoms with van der Waals surface area (Å²) in [5.41, 5.74) is -0.0738. The quantitative estimate of drug-likeness (QED) is 0.917. The summed E-state index contributed by atoms with van der Waals surface area (Å²) in [4.78, 5) is 0.105. The predicted molar refractivity (Wildman–Crippen MR) is 81.7 cm³/mol. The van der Waals surface area contributed by atoms with E-state index in [-0.39, 0.29) is 10.7 Å². The van der Waals surface area contributed by atoms with Gasteiger partial charge in [0.15, 0.2) is 0 Å². The van der Waals surface area contributed by atoms with Gasteiger partial charge >= 0.3 is 0 Å². The number of sulfonamides is 1. The molecule has 2 aromatic rings. The number of halogens is 1. The highest BCUT2D eigenvalue weighted by molar-refractivity contribution is 7.89. The molecule has 0 spiro atoms. The molecule has 1 aliphatic heterocycles. The van der Waals surface area contributed by atoms with Crippen LogP contribution in [-0.2, 0) is 27.3 Å². The van der Waals surface area contributed by atoms with Gasteiger partial charge in [-0.1, -0.05) is 12.1 Å². The molecule has 23 heavy (non-hydrogen) atoms. The summed E-state index contributed by atoms with van der Waals surface area (Å²) in [6.07, 6.45) is 3.72. The normalized spacial score (nSPS) is 18.0. The molecule has 1 saturated heterocycles. The Balaban J connectivity index is 1.98. The average molecular weight is 339 g/mol. The first-order chi connectivity index (χ1) is 10.9. The van der Waals surface area contributed by atoms with Crippen LogP contribution in [0.4, 0.5) is 4.39 Å². The maximum Gasteiger partial charge on any atom is 0.244 e. The Morgan fingerprint density at radius 3 is 2.48 bits per heavy atom. The highest BCUT2D eigenvalue weighted by atomic mass is 32.2. The van der Waals surface area contributed by atoms with Crippen LogP contribution in [0.5, 0.6) is 0 Å². The molecular weight excluding hydrogens is 321 g/mol. The molecule has 124 valence electrons. The molecule has 1 N–H and O–H groups in total. The summed E-state index contributed by atoms with van der Waals surface area (Å²) in [5, 5.41) is 3.91. The Morgan fingerprint density at radius 1 is 1.26 bits per heavy atom. The van der Waals surface area contributed by atoms with E-state index in [1.54, 1.807) is 19.2 Å². The number of hydrogen-bond acceptors (Lipinski definition) is 4. The van der Waals surface area contributed by atoms with E-state index in [2.05, 4.69) is 9.82 Å². The average Bonchev–Trinajstić information content (AvgIpc) is 2.96. The summed E-state index contributed by atoms with van der Waals surface area (Å²) in [6.45, 7) is 0.875. The zero-order valence-electron chi connectivity index (χ0n) is 12.7. The Hall–Kier alpha value is -1.77. The topological polar surface area (TPSA) is 73.2 Å². The van der Waals surface area contributed by atoms with Gasteiger partial charge in [0.05, 0.1) is 11.7 Å². The van der Waals surface area contributed by atoms with Crippen molar-refractivity contribution in [3.63, 3.8) is 0 Å². The molecule has 0 saturated carbocycles. The second kappa shape index (κ2) is 6.03. The number of nitrogens with zero attached hydrogens (tertiary/aromatic N) is 2. The first-order valence-corrected chi connectivity index (χ1v) is 8.76. The zero-order valence-corrected chi connectivity index (χ0v) is 13.5. The van der Waals surface area contributed by atoms with Crippen molar-refractivity contribution in [3.8, 4) is 0 Å². The smallest absolute Gasteiger partial charge is 0.244 e. The van der Waals surface area contributed by atoms with Crippen LogP contribution >= 0.6 is 0 Å². The van der Waals surface area contributed by atoms with Gasteiger partial charge in [-0.05, 0) is 30.5 Å². The number of nitrogens with one attached hydrogen (secondary N) is 1. The lowest BCUT2D eigenvalue weighted by Gasteiger charge is -2.38. The summed E-state index contributed by atoms with van der Waals surface area (Å²) in [7, 11) is -2.08. The fourth-order valence-electron chi connectivity index (χ4n) is 2.79. The standard InChI is InChI=1S/C15H18FN3O3S/c1-19-11-14(10-17-19)23(20,21)18-15(6-8-22-9-7-15)12-2-4-13(16)5-3-12/h2-5,10-11,18H,6-9H2,1H3. The zero-order chi connectivity index (χ0) is 16.5. The number of ether oxygens (including phenoxy) is 1. The molecule has 0 unspecified atom stereocenters. The SMILES string of the molecule is Cn1cc(S(=O)(=O)NC2(c3ccc(F)cc3)CCOCC2)cn1. The van der Waals surface area contributed by atoms with Crippen LogP contribution in [0.1, 0.15) is 18.4 Å². The van der Waals surface area contributed by atoms with Crippen LogP contribution in [0.2, 0.25) is 0 Å². The van der Waals surface area contributed by atoms with Crippen LogP contribution in [0.3, 0.4) is 0 Å². The van der Waals surface area contributed by atoms with Gasteiger partial charge in [0, 0.05) is 26.5 Å². The molecule has 2 heterocycles. The Kier molecular flexibility index (Phi) is 4.22. The highest BCUT2D eigenvalue weighted by Gasteiger charge is 2.39. The molecule has 0 radical (unpaired) electrons. The van der Waals surface area contributed by atoms with Crippen LogP contribution in [-0.4, -0.2) is 31.4 Å². The number of aryl methyl sites for hydroxylation is 1. The second-order valence-electron chi connectivity index (χ2n) is 5.66. The van der Waals surface area contributed by atoms with Crippen LogP contribution < -0.4 is 4.72 Å². The molecule has 0 bridgehead atoms. The summed E-state index contributed by atoms with van der Waals surface area (Å²) in [5.74, 6) is -0.355. The lowest BCUT2D eigenvalue weighted by atomic mass is 9.84. The second-order valence-corrected chi connectivity index (χ2v) is 7.34. The molecule has 0 amide bonds. The van der Waals surface area contributed by atoms with Gasteiger partial charge in [-0.15, -0.1) is 0 Å². The minimum absolute atomic E-state index is 0.105. The van der Waals surface area contributed by atoms with Gasteiger partial charge in [-0.25, -0.2) is 17.5 Å². The Bertz CT molecular complexity index is 781. The number of rotatable bonds is 4. The Morgan fingerprint density at radius 2 is 1.91 bits per heavy atom. The van der Waals surface area contributed by atoms with Crippen LogP contribution in [0, 0.1) is 5.82 Å². The van der Waals surface area contributed by atoms with Crippen LogP contribution in [0.25, 0.3) is 0 Å². The van der Waals surface area contributed by atoms with Gasteiger partial charge in [0.1, 0.15) is 10.7 Å². The summed E-state index contributed by atoms with van der Waals surface area (Å²) >= 11 is 0. The fourth-order valence-corrected chi connectivity index (χ4v) is 4.22. The van der Waals surface area contributed by atoms with Crippen molar-refractivity contribution in [2.45, 2.75) is 23.3 Å². The van der Waals surface area contributed by atoms with Crippen molar-refractivity contribution in [2.75, 3.05) is 13.2 Å². The molecule has 0 aliphatic carbocycles. The van der Waals surface area contributed by atoms with Gasteiger partial charge < -0.3 is 4.74 Å². The molecule has 1 aromatic carbocycles. The first-order valence-electron chi connectivity index (χ1n) is 7.28. The highest BCUT2D eigenvalue weighted by Crippen LogP contribution is 2.34. The van der Waals surface area contributed by atoms with E-state index in [1.807, 2.05) is 0 Å². The third kappa shape index (κ3) is 3.29. The van der Waals surface area contributed by atoms with Gasteiger partial charge in [-0.2, -0.15) is 5.10 Å². The maximum absolute atomic E-state index is 13.2. The van der Waals surface area contributed by atoms with Crippen molar-refractivity contribution >= 4 is 10.0 Å². The first kappa shape index (κ1) is 16.1. The number of aromatic nitrogens is 2. The molecule has 6 nitrogen and oxygen atoms in total. The van der Waals surface area contributed by atoms with E-state index in [4.69, 9.17) is 4.74 Å². The van der Waals surface area contributed by atoms with Crippen molar-refractivity contribution in [1.82, 2.24) is 14.5 Å². The molecular formula is C15H18FN3O3S. The van der Waals surface area contributed by atoms with Gasteiger partial charge in [-0.3, -0.25) is 4.68 Å². The van der Waals surface area contributed by atoms with E-state index in [0.29, 0.717) is 26.1 Å². The minimum Gasteiger partial charge on any atom is -0.381 e. The van der Waals surface area contributed by atoms with E-state index in [9.17, 15) is 12.8 Å². The lowest BCUT2D eigenvalue weighted by Crippen LogP contribution is -2.49. The van der Waals surface area contributed by atoms with Gasteiger partial charge in [0.2, 0.25) is 10.0 Å². The fraction of sp³-hybridized carbons (Fsp3) is 0.400. The lowest BCUT2D eigenvalue weighted by molar-refractivity contribution is 0.0459. The molecule has 1 aromatic heterocycles. The van der Waals surface area contributed by atoms with E-state index in [1.165, 1.54) is 29.2 Å². The van der Waals surface area contributed by atoms with Crippen molar-refractivity contribution in [3.05, 3.63) is 48.0 Å².